The van der Waals surface area contributed by atoms with E-state index < -0.39 is 0 Å². The maximum Gasteiger partial charge on any atom is 0.317 e. The first kappa shape index (κ1) is 13.1. The Labute approximate surface area is 107 Å². The third kappa shape index (κ3) is 2.91. The van der Waals surface area contributed by atoms with Crippen molar-refractivity contribution in [2.24, 2.45) is 0 Å². The van der Waals surface area contributed by atoms with Gasteiger partial charge in [0.25, 0.3) is 0 Å². The Bertz CT molecular complexity index is 361. The smallest absolute Gasteiger partial charge is 0.317 e. The Hall–Kier alpha value is -1.33. The lowest BCUT2D eigenvalue weighted by molar-refractivity contribution is 0.0503. The molecule has 18 heavy (non-hydrogen) atoms. The molecule has 2 atom stereocenters. The molecule has 0 spiro atoms. The molecule has 0 aromatic carbocycles. The molecule has 2 aliphatic rings. The van der Waals surface area contributed by atoms with Crippen molar-refractivity contribution >= 4 is 6.03 Å². The number of nitrogens with zero attached hydrogens (tertiary/aromatic N) is 1. The van der Waals surface area contributed by atoms with E-state index in [4.69, 9.17) is 9.47 Å². The van der Waals surface area contributed by atoms with Gasteiger partial charge in [0, 0.05) is 19.6 Å². The van der Waals surface area contributed by atoms with Crippen LogP contribution in [0.3, 0.4) is 0 Å². The number of carbonyl (C=O) groups is 1. The van der Waals surface area contributed by atoms with Gasteiger partial charge in [-0.25, -0.2) is 4.79 Å². The maximum atomic E-state index is 11.8. The summed E-state index contributed by atoms with van der Waals surface area (Å²) in [6.07, 6.45) is 6.01. The van der Waals surface area contributed by atoms with E-state index in [1.807, 2.05) is 32.1 Å². The zero-order valence-electron chi connectivity index (χ0n) is 10.9. The molecular weight excluding hydrogens is 232 g/mol. The largest absolute Gasteiger partial charge is 0.345 e. The summed E-state index contributed by atoms with van der Waals surface area (Å²) in [7, 11) is 0. The van der Waals surface area contributed by atoms with Gasteiger partial charge in [0.2, 0.25) is 0 Å². The minimum atomic E-state index is -0.0278. The van der Waals surface area contributed by atoms with Crippen LogP contribution in [0.25, 0.3) is 0 Å². The molecule has 1 fully saturated rings. The third-order valence-corrected chi connectivity index (χ3v) is 3.22. The van der Waals surface area contributed by atoms with E-state index in [0.29, 0.717) is 13.3 Å². The predicted molar refractivity (Wildman–Crippen MR) is 68.2 cm³/mol. The fraction of sp³-hybridized carbons (Fsp3) is 0.615. The fourth-order valence-electron chi connectivity index (χ4n) is 2.10. The first-order valence-electron chi connectivity index (χ1n) is 6.39. The molecule has 0 bridgehead atoms. The molecule has 0 aromatic rings. The van der Waals surface area contributed by atoms with Crippen molar-refractivity contribution in [2.45, 2.75) is 26.1 Å². The average Bonchev–Trinajstić information content (AvgIpc) is 2.85. The summed E-state index contributed by atoms with van der Waals surface area (Å²) in [5, 5.41) is 2.91. The number of hydrogen-bond donors (Lipinski definition) is 1. The summed E-state index contributed by atoms with van der Waals surface area (Å²) in [5.41, 5.74) is 1.06. The third-order valence-electron chi connectivity index (χ3n) is 3.22. The van der Waals surface area contributed by atoms with Gasteiger partial charge in [-0.2, -0.15) is 0 Å². The number of amides is 2. The van der Waals surface area contributed by atoms with Crippen LogP contribution in [0.1, 0.15) is 13.8 Å². The predicted octanol–water partition coefficient (Wildman–Crippen LogP) is 1.28. The minimum Gasteiger partial charge on any atom is -0.345 e. The zero-order chi connectivity index (χ0) is 13.0. The van der Waals surface area contributed by atoms with Crippen molar-refractivity contribution < 1.29 is 14.3 Å². The molecule has 0 saturated carbocycles. The van der Waals surface area contributed by atoms with Crippen molar-refractivity contribution in [3.05, 3.63) is 23.8 Å². The summed E-state index contributed by atoms with van der Waals surface area (Å²) in [4.78, 5) is 13.5. The van der Waals surface area contributed by atoms with Gasteiger partial charge in [0.05, 0.1) is 0 Å². The van der Waals surface area contributed by atoms with E-state index in [1.54, 1.807) is 4.90 Å². The van der Waals surface area contributed by atoms with Gasteiger partial charge >= 0.3 is 6.03 Å². The summed E-state index contributed by atoms with van der Waals surface area (Å²) >= 11 is 0. The van der Waals surface area contributed by atoms with Gasteiger partial charge in [0.15, 0.2) is 0 Å². The molecule has 1 N–H and O–H groups in total. The van der Waals surface area contributed by atoms with E-state index in [0.717, 1.165) is 18.7 Å². The number of carbonyl (C=O) groups excluding carboxylic acids is 1. The second-order valence-corrected chi connectivity index (χ2v) is 4.31. The van der Waals surface area contributed by atoms with Crippen molar-refractivity contribution in [1.29, 1.82) is 0 Å². The fourth-order valence-corrected chi connectivity index (χ4v) is 2.10. The topological polar surface area (TPSA) is 50.8 Å². The molecule has 5 nitrogen and oxygen atoms in total. The summed E-state index contributed by atoms with van der Waals surface area (Å²) in [5.74, 6) is 0. The van der Waals surface area contributed by atoms with Crippen LogP contribution in [0.5, 0.6) is 0 Å². The number of nitrogens with one attached hydrogen (secondary N) is 1. The van der Waals surface area contributed by atoms with Crippen LogP contribution in [0.2, 0.25) is 0 Å². The Morgan fingerprint density at radius 3 is 2.83 bits per heavy atom. The molecule has 5 heteroatoms. The van der Waals surface area contributed by atoms with Gasteiger partial charge in [-0.15, -0.1) is 0 Å². The standard InChI is InChI=1S/C13H20N2O3/c1-3-15(4-2)13(16)14-8-10-5-6-11-12(7-10)18-9-17-11/h5-7,11-12H,3-4,8-9H2,1-2H3,(H,14,16). The molecule has 2 amide bonds. The Kier molecular flexibility index (Phi) is 4.38. The van der Waals surface area contributed by atoms with E-state index >= 15 is 0 Å². The van der Waals surface area contributed by atoms with Crippen molar-refractivity contribution in [3.63, 3.8) is 0 Å². The monoisotopic (exact) mass is 252 g/mol. The van der Waals surface area contributed by atoms with E-state index in [-0.39, 0.29) is 18.2 Å². The highest BCUT2D eigenvalue weighted by Gasteiger charge is 2.27. The molecular formula is C13H20N2O3. The zero-order valence-corrected chi connectivity index (χ0v) is 10.9. The maximum absolute atomic E-state index is 11.8. The first-order chi connectivity index (χ1) is 8.74. The second-order valence-electron chi connectivity index (χ2n) is 4.31. The van der Waals surface area contributed by atoms with Crippen molar-refractivity contribution in [3.8, 4) is 0 Å². The Morgan fingerprint density at radius 2 is 2.11 bits per heavy atom. The van der Waals surface area contributed by atoms with E-state index in [2.05, 4.69) is 5.32 Å². The molecule has 100 valence electrons. The van der Waals surface area contributed by atoms with Crippen LogP contribution < -0.4 is 5.32 Å². The highest BCUT2D eigenvalue weighted by Crippen LogP contribution is 2.21. The highest BCUT2D eigenvalue weighted by atomic mass is 16.7. The normalized spacial score (nSPS) is 25.6. The lowest BCUT2D eigenvalue weighted by Gasteiger charge is -2.21. The van der Waals surface area contributed by atoms with Crippen molar-refractivity contribution in [2.75, 3.05) is 26.4 Å². The number of hydrogen-bond acceptors (Lipinski definition) is 3. The summed E-state index contributed by atoms with van der Waals surface area (Å²) in [6.45, 7) is 6.25. The van der Waals surface area contributed by atoms with Gasteiger partial charge in [0.1, 0.15) is 19.0 Å². The van der Waals surface area contributed by atoms with Crippen LogP contribution in [0.4, 0.5) is 4.79 Å². The van der Waals surface area contributed by atoms with Crippen LogP contribution in [0, 0.1) is 0 Å². The van der Waals surface area contributed by atoms with Gasteiger partial charge in [-0.05, 0) is 25.5 Å². The molecule has 2 unspecified atom stereocenters. The van der Waals surface area contributed by atoms with Gasteiger partial charge in [-0.3, -0.25) is 0 Å². The molecule has 1 heterocycles. The summed E-state index contributed by atoms with van der Waals surface area (Å²) in [6, 6.07) is -0.0278. The molecule has 1 aliphatic carbocycles. The second kappa shape index (κ2) is 6.02. The van der Waals surface area contributed by atoms with E-state index in [1.165, 1.54) is 0 Å². The quantitative estimate of drug-likeness (QED) is 0.820. The molecule has 1 aliphatic heterocycles. The first-order valence-corrected chi connectivity index (χ1v) is 6.39. The number of fused-ring (bicyclic) bond motifs is 1. The molecule has 2 rings (SSSR count). The highest BCUT2D eigenvalue weighted by molar-refractivity contribution is 5.74. The van der Waals surface area contributed by atoms with Crippen LogP contribution in [-0.4, -0.2) is 49.6 Å². The SMILES string of the molecule is CCN(CC)C(=O)NCC1=CC2OCOC2C=C1. The number of rotatable bonds is 4. The molecule has 0 radical (unpaired) electrons. The number of urea groups is 1. The lowest BCUT2D eigenvalue weighted by atomic mass is 10.0. The minimum absolute atomic E-state index is 0.00430. The average molecular weight is 252 g/mol. The Morgan fingerprint density at radius 1 is 1.39 bits per heavy atom. The van der Waals surface area contributed by atoms with Gasteiger partial charge in [-0.1, -0.05) is 12.2 Å². The molecule has 0 aromatic heterocycles. The Balaban J connectivity index is 1.84. The van der Waals surface area contributed by atoms with Crippen LogP contribution in [0.15, 0.2) is 23.8 Å². The molecule has 1 saturated heterocycles. The lowest BCUT2D eigenvalue weighted by Crippen LogP contribution is -2.40. The van der Waals surface area contributed by atoms with E-state index in [9.17, 15) is 4.79 Å². The number of ether oxygens (including phenoxy) is 2. The summed E-state index contributed by atoms with van der Waals surface area (Å²) < 4.78 is 10.8. The van der Waals surface area contributed by atoms with Gasteiger partial charge < -0.3 is 19.7 Å². The van der Waals surface area contributed by atoms with Crippen molar-refractivity contribution in [1.82, 2.24) is 10.2 Å². The van der Waals surface area contributed by atoms with Crippen LogP contribution in [-0.2, 0) is 9.47 Å². The van der Waals surface area contributed by atoms with Crippen LogP contribution >= 0.6 is 0 Å².